The molecule has 3 rings (SSSR count). The van der Waals surface area contributed by atoms with Gasteiger partial charge in [-0.25, -0.2) is 4.98 Å². The van der Waals surface area contributed by atoms with Gasteiger partial charge in [0.05, 0.1) is 19.8 Å². The number of hydrogen-bond donors (Lipinski definition) is 1. The number of amides is 1. The summed E-state index contributed by atoms with van der Waals surface area (Å²) in [6.45, 7) is 1.26. The molecule has 122 valence electrons. The second-order valence-corrected chi connectivity index (χ2v) is 5.58. The highest BCUT2D eigenvalue weighted by molar-refractivity contribution is 5.97. The number of methoxy groups -OCH3 is 2. The van der Waals surface area contributed by atoms with Crippen LogP contribution in [-0.2, 0) is 6.54 Å². The summed E-state index contributed by atoms with van der Waals surface area (Å²) in [6, 6.07) is 5.16. The van der Waals surface area contributed by atoms with E-state index < -0.39 is 0 Å². The monoisotopic (exact) mass is 315 g/mol. The van der Waals surface area contributed by atoms with Crippen LogP contribution in [0.3, 0.4) is 0 Å². The van der Waals surface area contributed by atoms with Gasteiger partial charge in [0.25, 0.3) is 5.91 Å². The molecule has 1 heterocycles. The van der Waals surface area contributed by atoms with Crippen molar-refractivity contribution in [2.75, 3.05) is 20.8 Å². The zero-order chi connectivity index (χ0) is 16.2. The zero-order valence-electron chi connectivity index (χ0n) is 13.4. The lowest BCUT2D eigenvalue weighted by Gasteiger charge is -2.12. The molecule has 1 N–H and O–H groups in total. The third-order valence-electron chi connectivity index (χ3n) is 3.98. The SMILES string of the molecule is COc1ccc(C(=O)NCCn2ccnc2C2CC2)c(OC)c1. The van der Waals surface area contributed by atoms with E-state index in [1.54, 1.807) is 32.4 Å². The molecule has 1 fully saturated rings. The smallest absolute Gasteiger partial charge is 0.255 e. The van der Waals surface area contributed by atoms with Gasteiger partial charge in [-0.1, -0.05) is 0 Å². The van der Waals surface area contributed by atoms with Crippen molar-refractivity contribution in [3.8, 4) is 11.5 Å². The van der Waals surface area contributed by atoms with Crippen molar-refractivity contribution in [3.63, 3.8) is 0 Å². The first-order valence-electron chi connectivity index (χ1n) is 7.74. The van der Waals surface area contributed by atoms with Gasteiger partial charge >= 0.3 is 0 Å². The van der Waals surface area contributed by atoms with E-state index in [1.165, 1.54) is 12.8 Å². The van der Waals surface area contributed by atoms with Crippen molar-refractivity contribution in [2.24, 2.45) is 0 Å². The van der Waals surface area contributed by atoms with Crippen LogP contribution < -0.4 is 14.8 Å². The number of ether oxygens (including phenoxy) is 2. The van der Waals surface area contributed by atoms with E-state index >= 15 is 0 Å². The fraction of sp³-hybridized carbons (Fsp3) is 0.412. The van der Waals surface area contributed by atoms with Gasteiger partial charge in [0.1, 0.15) is 17.3 Å². The van der Waals surface area contributed by atoms with E-state index in [4.69, 9.17) is 9.47 Å². The Morgan fingerprint density at radius 2 is 2.17 bits per heavy atom. The Morgan fingerprint density at radius 1 is 1.35 bits per heavy atom. The highest BCUT2D eigenvalue weighted by Crippen LogP contribution is 2.38. The first-order chi connectivity index (χ1) is 11.2. The topological polar surface area (TPSA) is 65.4 Å². The largest absolute Gasteiger partial charge is 0.497 e. The molecule has 1 amide bonds. The van der Waals surface area contributed by atoms with Crippen molar-refractivity contribution < 1.29 is 14.3 Å². The molecule has 0 radical (unpaired) electrons. The standard InChI is InChI=1S/C17H21N3O3/c1-22-13-5-6-14(15(11-13)23-2)17(21)19-8-10-20-9-7-18-16(20)12-3-4-12/h5-7,9,11-12H,3-4,8,10H2,1-2H3,(H,19,21). The third-order valence-corrected chi connectivity index (χ3v) is 3.98. The molecule has 1 aliphatic rings. The summed E-state index contributed by atoms with van der Waals surface area (Å²) >= 11 is 0. The summed E-state index contributed by atoms with van der Waals surface area (Å²) in [6.07, 6.45) is 6.22. The maximum atomic E-state index is 12.3. The van der Waals surface area contributed by atoms with Crippen LogP contribution >= 0.6 is 0 Å². The van der Waals surface area contributed by atoms with Crippen LogP contribution in [0.1, 0.15) is 34.9 Å². The molecule has 23 heavy (non-hydrogen) atoms. The summed E-state index contributed by atoms with van der Waals surface area (Å²) in [7, 11) is 3.12. The average molecular weight is 315 g/mol. The summed E-state index contributed by atoms with van der Waals surface area (Å²) in [4.78, 5) is 16.7. The number of carbonyl (C=O) groups excluding carboxylic acids is 1. The van der Waals surface area contributed by atoms with Crippen molar-refractivity contribution in [1.29, 1.82) is 0 Å². The van der Waals surface area contributed by atoms with Gasteiger partial charge in [-0.3, -0.25) is 4.79 Å². The lowest BCUT2D eigenvalue weighted by atomic mass is 10.1. The normalized spacial score (nSPS) is 13.7. The minimum atomic E-state index is -0.155. The summed E-state index contributed by atoms with van der Waals surface area (Å²) < 4.78 is 12.5. The van der Waals surface area contributed by atoms with E-state index in [-0.39, 0.29) is 5.91 Å². The van der Waals surface area contributed by atoms with Crippen LogP contribution in [0, 0.1) is 0 Å². The van der Waals surface area contributed by atoms with E-state index in [0.717, 1.165) is 12.4 Å². The molecule has 2 aromatic rings. The van der Waals surface area contributed by atoms with Crippen LogP contribution in [0.5, 0.6) is 11.5 Å². The van der Waals surface area contributed by atoms with Crippen molar-refractivity contribution in [2.45, 2.75) is 25.3 Å². The molecule has 1 saturated carbocycles. The van der Waals surface area contributed by atoms with Gasteiger partial charge in [-0.05, 0) is 25.0 Å². The van der Waals surface area contributed by atoms with Gasteiger partial charge in [-0.2, -0.15) is 0 Å². The average Bonchev–Trinajstić information content (AvgIpc) is 3.33. The maximum absolute atomic E-state index is 12.3. The van der Waals surface area contributed by atoms with Crippen molar-refractivity contribution in [1.82, 2.24) is 14.9 Å². The Morgan fingerprint density at radius 3 is 2.87 bits per heavy atom. The highest BCUT2D eigenvalue weighted by atomic mass is 16.5. The number of aromatic nitrogens is 2. The molecule has 0 atom stereocenters. The van der Waals surface area contributed by atoms with E-state index in [1.807, 2.05) is 12.4 Å². The van der Waals surface area contributed by atoms with Crippen LogP contribution in [0.15, 0.2) is 30.6 Å². The van der Waals surface area contributed by atoms with Crippen LogP contribution in [-0.4, -0.2) is 36.2 Å². The second-order valence-electron chi connectivity index (χ2n) is 5.58. The molecule has 1 aromatic carbocycles. The fourth-order valence-corrected chi connectivity index (χ4v) is 2.58. The molecule has 1 aromatic heterocycles. The van der Waals surface area contributed by atoms with Gasteiger partial charge in [-0.15, -0.1) is 0 Å². The molecule has 6 nitrogen and oxygen atoms in total. The Labute approximate surface area is 135 Å². The summed E-state index contributed by atoms with van der Waals surface area (Å²) in [5, 5.41) is 2.93. The fourth-order valence-electron chi connectivity index (χ4n) is 2.58. The predicted octanol–water partition coefficient (Wildman–Crippen LogP) is 2.21. The molecule has 0 spiro atoms. The number of hydrogen-bond acceptors (Lipinski definition) is 4. The Kier molecular flexibility index (Phi) is 4.50. The number of imidazole rings is 1. The van der Waals surface area contributed by atoms with E-state index in [2.05, 4.69) is 14.9 Å². The molecule has 0 aliphatic heterocycles. The Hall–Kier alpha value is -2.50. The number of rotatable bonds is 7. The lowest BCUT2D eigenvalue weighted by Crippen LogP contribution is -2.27. The molecular formula is C17H21N3O3. The summed E-state index contributed by atoms with van der Waals surface area (Å²) in [5.41, 5.74) is 0.501. The zero-order valence-corrected chi connectivity index (χ0v) is 13.4. The lowest BCUT2D eigenvalue weighted by molar-refractivity contribution is 0.0949. The molecular weight excluding hydrogens is 294 g/mol. The number of carbonyl (C=O) groups is 1. The highest BCUT2D eigenvalue weighted by Gasteiger charge is 2.27. The minimum Gasteiger partial charge on any atom is -0.497 e. The van der Waals surface area contributed by atoms with E-state index in [9.17, 15) is 4.79 Å². The van der Waals surface area contributed by atoms with Gasteiger partial charge in [0.15, 0.2) is 0 Å². The second kappa shape index (κ2) is 6.73. The number of benzene rings is 1. The van der Waals surface area contributed by atoms with Crippen LogP contribution in [0.4, 0.5) is 0 Å². The van der Waals surface area contributed by atoms with Crippen LogP contribution in [0.25, 0.3) is 0 Å². The minimum absolute atomic E-state index is 0.155. The molecule has 1 aliphatic carbocycles. The molecule has 0 bridgehead atoms. The van der Waals surface area contributed by atoms with Gasteiger partial charge in [0.2, 0.25) is 0 Å². The van der Waals surface area contributed by atoms with Crippen molar-refractivity contribution in [3.05, 3.63) is 42.0 Å². The van der Waals surface area contributed by atoms with E-state index in [0.29, 0.717) is 29.5 Å². The predicted molar refractivity (Wildman–Crippen MR) is 86.1 cm³/mol. The molecule has 0 unspecified atom stereocenters. The van der Waals surface area contributed by atoms with Gasteiger partial charge < -0.3 is 19.4 Å². The Bertz CT molecular complexity index is 692. The first kappa shape index (κ1) is 15.4. The summed E-state index contributed by atoms with van der Waals surface area (Å²) in [5.74, 6) is 2.73. The number of nitrogens with one attached hydrogen (secondary N) is 1. The quantitative estimate of drug-likeness (QED) is 0.851. The van der Waals surface area contributed by atoms with Gasteiger partial charge in [0, 0.05) is 37.5 Å². The maximum Gasteiger partial charge on any atom is 0.255 e. The molecule has 0 saturated heterocycles. The van der Waals surface area contributed by atoms with Crippen molar-refractivity contribution >= 4 is 5.91 Å². The Balaban J connectivity index is 1.60. The first-order valence-corrected chi connectivity index (χ1v) is 7.74. The number of nitrogens with zero attached hydrogens (tertiary/aromatic N) is 2. The third kappa shape index (κ3) is 3.47. The molecule has 6 heteroatoms. The van der Waals surface area contributed by atoms with Crippen LogP contribution in [0.2, 0.25) is 0 Å².